The van der Waals surface area contributed by atoms with Crippen LogP contribution in [0.1, 0.15) is 35.2 Å². The molecule has 142 valence electrons. The van der Waals surface area contributed by atoms with E-state index in [0.29, 0.717) is 12.1 Å². The first-order valence-corrected chi connectivity index (χ1v) is 9.87. The predicted molar refractivity (Wildman–Crippen MR) is 109 cm³/mol. The molecule has 0 N–H and O–H groups in total. The number of esters is 1. The maximum Gasteiger partial charge on any atom is 0.337 e. The van der Waals surface area contributed by atoms with E-state index in [4.69, 9.17) is 4.74 Å². The zero-order valence-corrected chi connectivity index (χ0v) is 16.9. The van der Waals surface area contributed by atoms with Gasteiger partial charge in [-0.15, -0.1) is 0 Å². The minimum atomic E-state index is -0.366. The van der Waals surface area contributed by atoms with Crippen LogP contribution in [0.4, 0.5) is 10.5 Å². The number of piperidine rings is 1. The van der Waals surface area contributed by atoms with Crippen molar-refractivity contribution in [1.29, 1.82) is 0 Å². The van der Waals surface area contributed by atoms with Gasteiger partial charge in [-0.25, -0.2) is 9.59 Å². The van der Waals surface area contributed by atoms with Crippen LogP contribution in [0.3, 0.4) is 0 Å². The van der Waals surface area contributed by atoms with Gasteiger partial charge < -0.3 is 9.64 Å². The molecular weight excluding hydrogens is 408 g/mol. The molecular formula is C21H23BrN2O3. The number of anilines is 1. The largest absolute Gasteiger partial charge is 0.465 e. The number of nitrogens with zero attached hydrogens (tertiary/aromatic N) is 2. The fourth-order valence-corrected chi connectivity index (χ4v) is 3.60. The molecule has 0 saturated carbocycles. The highest BCUT2D eigenvalue weighted by molar-refractivity contribution is 9.10. The fourth-order valence-electron chi connectivity index (χ4n) is 3.22. The summed E-state index contributed by atoms with van der Waals surface area (Å²) in [7, 11) is 1.36. The molecule has 1 aliphatic heterocycles. The lowest BCUT2D eigenvalue weighted by Crippen LogP contribution is -2.45. The van der Waals surface area contributed by atoms with Gasteiger partial charge in [0.05, 0.1) is 19.2 Å². The number of hydrogen-bond acceptors (Lipinski definition) is 3. The Kier molecular flexibility index (Phi) is 6.50. The molecule has 3 rings (SSSR count). The van der Waals surface area contributed by atoms with Crippen LogP contribution >= 0.6 is 15.9 Å². The minimum Gasteiger partial charge on any atom is -0.465 e. The lowest BCUT2D eigenvalue weighted by molar-refractivity contribution is 0.0600. The third-order valence-electron chi connectivity index (χ3n) is 4.69. The predicted octanol–water partition coefficient (Wildman–Crippen LogP) is 4.85. The Balaban J connectivity index is 1.85. The molecule has 6 heteroatoms. The van der Waals surface area contributed by atoms with E-state index in [1.54, 1.807) is 17.0 Å². The third kappa shape index (κ3) is 4.89. The van der Waals surface area contributed by atoms with E-state index in [2.05, 4.69) is 15.9 Å². The average Bonchev–Trinajstić information content (AvgIpc) is 2.72. The zero-order valence-electron chi connectivity index (χ0n) is 15.4. The number of methoxy groups -OCH3 is 1. The molecule has 2 amide bonds. The van der Waals surface area contributed by atoms with Gasteiger partial charge in [-0.3, -0.25) is 4.90 Å². The van der Waals surface area contributed by atoms with E-state index in [0.717, 1.165) is 41.7 Å². The van der Waals surface area contributed by atoms with Crippen molar-refractivity contribution in [3.63, 3.8) is 0 Å². The summed E-state index contributed by atoms with van der Waals surface area (Å²) < 4.78 is 5.67. The highest BCUT2D eigenvalue weighted by Gasteiger charge is 2.24. The number of hydrogen-bond donors (Lipinski definition) is 0. The molecule has 0 aromatic heterocycles. The van der Waals surface area contributed by atoms with Crippen LogP contribution in [0.2, 0.25) is 0 Å². The first-order chi connectivity index (χ1) is 13.1. The van der Waals surface area contributed by atoms with Crippen molar-refractivity contribution in [3.8, 4) is 0 Å². The topological polar surface area (TPSA) is 49.9 Å². The lowest BCUT2D eigenvalue weighted by atomic mass is 10.1. The maximum atomic E-state index is 13.2. The molecule has 1 aliphatic rings. The summed E-state index contributed by atoms with van der Waals surface area (Å²) in [6, 6.07) is 15.0. The van der Waals surface area contributed by atoms with Gasteiger partial charge >= 0.3 is 12.0 Å². The van der Waals surface area contributed by atoms with Gasteiger partial charge in [-0.05, 0) is 55.2 Å². The molecule has 27 heavy (non-hydrogen) atoms. The van der Waals surface area contributed by atoms with Crippen LogP contribution in [-0.2, 0) is 11.3 Å². The molecule has 0 radical (unpaired) electrons. The summed E-state index contributed by atoms with van der Waals surface area (Å²) in [5, 5.41) is 0. The zero-order chi connectivity index (χ0) is 19.2. The number of halogens is 1. The Labute approximate surface area is 168 Å². The van der Waals surface area contributed by atoms with E-state index in [1.165, 1.54) is 13.5 Å². The molecule has 5 nitrogen and oxygen atoms in total. The summed E-state index contributed by atoms with van der Waals surface area (Å²) in [5.74, 6) is -0.366. The smallest absolute Gasteiger partial charge is 0.337 e. The Morgan fingerprint density at radius 3 is 2.41 bits per heavy atom. The molecule has 2 aromatic rings. The highest BCUT2D eigenvalue weighted by atomic mass is 79.9. The number of ether oxygens (including phenoxy) is 1. The quantitative estimate of drug-likeness (QED) is 0.651. The fraction of sp³-hybridized carbons (Fsp3) is 0.333. The van der Waals surface area contributed by atoms with Crippen LogP contribution in [-0.4, -0.2) is 37.1 Å². The maximum absolute atomic E-state index is 13.2. The van der Waals surface area contributed by atoms with Crippen molar-refractivity contribution in [2.45, 2.75) is 25.8 Å². The first kappa shape index (κ1) is 19.4. The van der Waals surface area contributed by atoms with Gasteiger partial charge in [-0.2, -0.15) is 0 Å². The van der Waals surface area contributed by atoms with E-state index >= 15 is 0 Å². The van der Waals surface area contributed by atoms with Crippen LogP contribution in [0.5, 0.6) is 0 Å². The van der Waals surface area contributed by atoms with Gasteiger partial charge in [-0.1, -0.05) is 34.1 Å². The van der Waals surface area contributed by atoms with Gasteiger partial charge in [0.2, 0.25) is 0 Å². The van der Waals surface area contributed by atoms with E-state index < -0.39 is 0 Å². The monoisotopic (exact) mass is 430 g/mol. The van der Waals surface area contributed by atoms with Gasteiger partial charge in [0.25, 0.3) is 0 Å². The van der Waals surface area contributed by atoms with Crippen LogP contribution in [0, 0.1) is 0 Å². The minimum absolute atomic E-state index is 0.0184. The molecule has 2 aromatic carbocycles. The number of carbonyl (C=O) groups is 2. The SMILES string of the molecule is COC(=O)c1ccc(CN(C(=O)N2CCCCC2)c2cccc(Br)c2)cc1. The number of amides is 2. The number of likely N-dealkylation sites (tertiary alicyclic amines) is 1. The molecule has 1 heterocycles. The second kappa shape index (κ2) is 9.04. The van der Waals surface area contributed by atoms with Gasteiger partial charge in [0.15, 0.2) is 0 Å². The van der Waals surface area contributed by atoms with Crippen molar-refractivity contribution < 1.29 is 14.3 Å². The second-order valence-electron chi connectivity index (χ2n) is 6.58. The van der Waals surface area contributed by atoms with Crippen molar-refractivity contribution in [2.75, 3.05) is 25.1 Å². The standard InChI is InChI=1S/C21H23BrN2O3/c1-27-20(25)17-10-8-16(9-11-17)15-24(19-7-5-6-18(22)14-19)21(26)23-12-3-2-4-13-23/h5-11,14H,2-4,12-13,15H2,1H3. The molecule has 0 bridgehead atoms. The number of carbonyl (C=O) groups excluding carboxylic acids is 2. The summed E-state index contributed by atoms with van der Waals surface area (Å²) in [5.41, 5.74) is 2.29. The molecule has 0 unspecified atom stereocenters. The summed E-state index contributed by atoms with van der Waals surface area (Å²) in [6.07, 6.45) is 3.27. The van der Waals surface area contributed by atoms with Gasteiger partial charge in [0, 0.05) is 23.2 Å². The van der Waals surface area contributed by atoms with Crippen molar-refractivity contribution >= 4 is 33.6 Å². The van der Waals surface area contributed by atoms with Gasteiger partial charge in [0.1, 0.15) is 0 Å². The highest BCUT2D eigenvalue weighted by Crippen LogP contribution is 2.24. The Morgan fingerprint density at radius 1 is 1.07 bits per heavy atom. The normalized spacial score (nSPS) is 13.9. The molecule has 1 fully saturated rings. The van der Waals surface area contributed by atoms with E-state index in [1.807, 2.05) is 41.3 Å². The van der Waals surface area contributed by atoms with Crippen LogP contribution in [0.15, 0.2) is 53.0 Å². The summed E-state index contributed by atoms with van der Waals surface area (Å²) in [6.45, 7) is 2.03. The van der Waals surface area contributed by atoms with Crippen molar-refractivity contribution in [1.82, 2.24) is 4.90 Å². The molecule has 0 atom stereocenters. The van der Waals surface area contributed by atoms with Crippen LogP contribution < -0.4 is 4.90 Å². The van der Waals surface area contributed by atoms with E-state index in [9.17, 15) is 9.59 Å². The Hall–Kier alpha value is -2.34. The Bertz CT molecular complexity index is 801. The first-order valence-electron chi connectivity index (χ1n) is 9.08. The molecule has 1 saturated heterocycles. The molecule has 0 spiro atoms. The number of urea groups is 1. The lowest BCUT2D eigenvalue weighted by Gasteiger charge is -2.33. The summed E-state index contributed by atoms with van der Waals surface area (Å²) >= 11 is 3.49. The van der Waals surface area contributed by atoms with Crippen LogP contribution in [0.25, 0.3) is 0 Å². The number of benzene rings is 2. The average molecular weight is 431 g/mol. The third-order valence-corrected chi connectivity index (χ3v) is 5.19. The number of rotatable bonds is 4. The van der Waals surface area contributed by atoms with E-state index in [-0.39, 0.29) is 12.0 Å². The summed E-state index contributed by atoms with van der Waals surface area (Å²) in [4.78, 5) is 28.5. The Morgan fingerprint density at radius 2 is 1.78 bits per heavy atom. The molecule has 0 aliphatic carbocycles. The van der Waals surface area contributed by atoms with Crippen molar-refractivity contribution in [2.24, 2.45) is 0 Å². The second-order valence-corrected chi connectivity index (χ2v) is 7.50. The van der Waals surface area contributed by atoms with Crippen molar-refractivity contribution in [3.05, 3.63) is 64.1 Å².